The van der Waals surface area contributed by atoms with Crippen LogP contribution in [0.15, 0.2) is 48.5 Å². The second kappa shape index (κ2) is 6.76. The normalized spacial score (nSPS) is 11.5. The molecule has 0 spiro atoms. The van der Waals surface area contributed by atoms with Gasteiger partial charge in [-0.05, 0) is 55.5 Å². The zero-order chi connectivity index (χ0) is 16.1. The molecule has 0 radical (unpaired) electrons. The van der Waals surface area contributed by atoms with Crippen LogP contribution in [0.25, 0.3) is 0 Å². The van der Waals surface area contributed by atoms with E-state index in [0.29, 0.717) is 22.6 Å². The fraction of sp³-hybridized carbons (Fsp3) is 0.176. The Morgan fingerprint density at radius 1 is 0.909 bits per heavy atom. The Morgan fingerprint density at radius 3 is 1.91 bits per heavy atom. The largest absolute Gasteiger partial charge is 0.497 e. The fourth-order valence-electron chi connectivity index (χ4n) is 1.95. The molecule has 0 saturated heterocycles. The number of nitrogens with two attached hydrogens (primary N) is 1. The van der Waals surface area contributed by atoms with Gasteiger partial charge in [0.1, 0.15) is 11.5 Å². The zero-order valence-corrected chi connectivity index (χ0v) is 12.4. The van der Waals surface area contributed by atoms with Gasteiger partial charge in [0.15, 0.2) is 6.10 Å². The highest BCUT2D eigenvalue weighted by atomic mass is 16.5. The minimum atomic E-state index is -0.646. The first kappa shape index (κ1) is 15.6. The maximum Gasteiger partial charge on any atom is 0.248 e. The first-order valence-corrected chi connectivity index (χ1v) is 6.76. The van der Waals surface area contributed by atoms with Gasteiger partial charge in [-0.15, -0.1) is 0 Å². The van der Waals surface area contributed by atoms with Crippen LogP contribution in [-0.4, -0.2) is 24.9 Å². The van der Waals surface area contributed by atoms with E-state index >= 15 is 0 Å². The van der Waals surface area contributed by atoms with Crippen LogP contribution in [0, 0.1) is 0 Å². The van der Waals surface area contributed by atoms with E-state index in [9.17, 15) is 9.59 Å². The number of rotatable bonds is 6. The standard InChI is InChI=1S/C17H17NO4/c1-11(16(19)12-3-7-14(21-2)8-4-12)22-15-9-5-13(6-10-15)17(18)20/h3-11H,1-2H3,(H2,18,20)/t11-/m0/s1. The number of amides is 1. The van der Waals surface area contributed by atoms with Crippen molar-refractivity contribution in [1.29, 1.82) is 0 Å². The van der Waals surface area contributed by atoms with Crippen molar-refractivity contribution in [3.63, 3.8) is 0 Å². The van der Waals surface area contributed by atoms with Crippen molar-refractivity contribution in [2.75, 3.05) is 7.11 Å². The highest BCUT2D eigenvalue weighted by Gasteiger charge is 2.17. The molecule has 1 amide bonds. The Kier molecular flexibility index (Phi) is 4.78. The van der Waals surface area contributed by atoms with Gasteiger partial charge in [-0.3, -0.25) is 9.59 Å². The second-order valence-electron chi connectivity index (χ2n) is 4.74. The van der Waals surface area contributed by atoms with Crippen molar-refractivity contribution in [2.45, 2.75) is 13.0 Å². The minimum absolute atomic E-state index is 0.137. The van der Waals surface area contributed by atoms with E-state index < -0.39 is 12.0 Å². The van der Waals surface area contributed by atoms with E-state index in [1.807, 2.05) is 0 Å². The van der Waals surface area contributed by atoms with E-state index in [1.165, 1.54) is 0 Å². The maximum atomic E-state index is 12.3. The predicted molar refractivity (Wildman–Crippen MR) is 82.4 cm³/mol. The summed E-state index contributed by atoms with van der Waals surface area (Å²) in [5.41, 5.74) is 6.10. The Morgan fingerprint density at radius 2 is 1.41 bits per heavy atom. The number of primary amides is 1. The van der Waals surface area contributed by atoms with E-state index in [1.54, 1.807) is 62.6 Å². The third-order valence-electron chi connectivity index (χ3n) is 3.20. The molecular weight excluding hydrogens is 282 g/mol. The third kappa shape index (κ3) is 3.63. The Labute approximate surface area is 128 Å². The molecule has 0 aliphatic heterocycles. The number of ether oxygens (including phenoxy) is 2. The monoisotopic (exact) mass is 299 g/mol. The lowest BCUT2D eigenvalue weighted by molar-refractivity contribution is 0.0817. The highest BCUT2D eigenvalue weighted by Crippen LogP contribution is 2.17. The summed E-state index contributed by atoms with van der Waals surface area (Å²) in [7, 11) is 1.57. The number of hydrogen-bond donors (Lipinski definition) is 1. The molecular formula is C17H17NO4. The summed E-state index contributed by atoms with van der Waals surface area (Å²) in [5, 5.41) is 0. The fourth-order valence-corrected chi connectivity index (χ4v) is 1.95. The average molecular weight is 299 g/mol. The molecule has 0 bridgehead atoms. The van der Waals surface area contributed by atoms with Crippen LogP contribution in [0.2, 0.25) is 0 Å². The molecule has 114 valence electrons. The van der Waals surface area contributed by atoms with Gasteiger partial charge in [-0.1, -0.05) is 0 Å². The molecule has 2 N–H and O–H groups in total. The summed E-state index contributed by atoms with van der Waals surface area (Å²) in [6.45, 7) is 1.68. The number of Topliss-reactive ketones (excluding diaryl/α,β-unsaturated/α-hetero) is 1. The second-order valence-corrected chi connectivity index (χ2v) is 4.74. The quantitative estimate of drug-likeness (QED) is 0.831. The van der Waals surface area contributed by atoms with E-state index in [2.05, 4.69) is 0 Å². The molecule has 5 heteroatoms. The van der Waals surface area contributed by atoms with Crippen molar-refractivity contribution in [1.82, 2.24) is 0 Å². The lowest BCUT2D eigenvalue weighted by Gasteiger charge is -2.14. The molecule has 2 rings (SSSR count). The highest BCUT2D eigenvalue weighted by molar-refractivity contribution is 5.99. The molecule has 0 heterocycles. The molecule has 0 saturated carbocycles. The Balaban J connectivity index is 2.05. The van der Waals surface area contributed by atoms with E-state index in [4.69, 9.17) is 15.2 Å². The molecule has 2 aromatic carbocycles. The van der Waals surface area contributed by atoms with Crippen molar-refractivity contribution >= 4 is 11.7 Å². The van der Waals surface area contributed by atoms with Gasteiger partial charge >= 0.3 is 0 Å². The molecule has 0 aliphatic carbocycles. The molecule has 2 aromatic rings. The number of benzene rings is 2. The first-order valence-electron chi connectivity index (χ1n) is 6.76. The van der Waals surface area contributed by atoms with Gasteiger partial charge in [0.05, 0.1) is 7.11 Å². The summed E-state index contributed by atoms with van der Waals surface area (Å²) >= 11 is 0. The van der Waals surface area contributed by atoms with Gasteiger partial charge in [0.2, 0.25) is 11.7 Å². The molecule has 0 aliphatic rings. The van der Waals surface area contributed by atoms with Gasteiger partial charge < -0.3 is 15.2 Å². The van der Waals surface area contributed by atoms with E-state index in [0.717, 1.165) is 0 Å². The maximum absolute atomic E-state index is 12.3. The van der Waals surface area contributed by atoms with Crippen molar-refractivity contribution in [2.24, 2.45) is 5.73 Å². The summed E-state index contributed by atoms with van der Waals surface area (Å²) in [5.74, 6) is 0.544. The number of carbonyl (C=O) groups excluding carboxylic acids is 2. The molecule has 0 aromatic heterocycles. The molecule has 0 fully saturated rings. The van der Waals surface area contributed by atoms with Gasteiger partial charge in [0.25, 0.3) is 0 Å². The van der Waals surface area contributed by atoms with Crippen LogP contribution in [0.1, 0.15) is 27.6 Å². The van der Waals surface area contributed by atoms with Crippen LogP contribution >= 0.6 is 0 Å². The molecule has 22 heavy (non-hydrogen) atoms. The first-order chi connectivity index (χ1) is 10.5. The Hall–Kier alpha value is -2.82. The summed E-state index contributed by atoms with van der Waals surface area (Å²) < 4.78 is 10.6. The summed E-state index contributed by atoms with van der Waals surface area (Å²) in [6.07, 6.45) is -0.646. The number of ketones is 1. The predicted octanol–water partition coefficient (Wildman–Crippen LogP) is 2.44. The van der Waals surface area contributed by atoms with E-state index in [-0.39, 0.29) is 5.78 Å². The van der Waals surface area contributed by atoms with Gasteiger partial charge in [0, 0.05) is 11.1 Å². The number of hydrogen-bond acceptors (Lipinski definition) is 4. The summed E-state index contributed by atoms with van der Waals surface area (Å²) in [4.78, 5) is 23.3. The Bertz CT molecular complexity index is 662. The van der Waals surface area contributed by atoms with Crippen molar-refractivity contribution < 1.29 is 19.1 Å². The van der Waals surface area contributed by atoms with Gasteiger partial charge in [-0.2, -0.15) is 0 Å². The lowest BCUT2D eigenvalue weighted by Crippen LogP contribution is -2.23. The average Bonchev–Trinajstić information content (AvgIpc) is 2.54. The van der Waals surface area contributed by atoms with Crippen molar-refractivity contribution in [3.8, 4) is 11.5 Å². The summed E-state index contributed by atoms with van der Waals surface area (Å²) in [6, 6.07) is 13.2. The van der Waals surface area contributed by atoms with Crippen LogP contribution in [-0.2, 0) is 0 Å². The smallest absolute Gasteiger partial charge is 0.248 e. The lowest BCUT2D eigenvalue weighted by atomic mass is 10.1. The number of methoxy groups -OCH3 is 1. The van der Waals surface area contributed by atoms with Crippen LogP contribution in [0.4, 0.5) is 0 Å². The molecule has 0 unspecified atom stereocenters. The van der Waals surface area contributed by atoms with Gasteiger partial charge in [-0.25, -0.2) is 0 Å². The van der Waals surface area contributed by atoms with Crippen LogP contribution < -0.4 is 15.2 Å². The molecule has 5 nitrogen and oxygen atoms in total. The SMILES string of the molecule is COc1ccc(C(=O)[C@H](C)Oc2ccc(C(N)=O)cc2)cc1. The van der Waals surface area contributed by atoms with Crippen LogP contribution in [0.3, 0.4) is 0 Å². The van der Waals surface area contributed by atoms with Crippen LogP contribution in [0.5, 0.6) is 11.5 Å². The third-order valence-corrected chi connectivity index (χ3v) is 3.20. The number of carbonyl (C=O) groups is 2. The van der Waals surface area contributed by atoms with Crippen molar-refractivity contribution in [3.05, 3.63) is 59.7 Å². The topological polar surface area (TPSA) is 78.6 Å². The zero-order valence-electron chi connectivity index (χ0n) is 12.4. The molecule has 1 atom stereocenters. The minimum Gasteiger partial charge on any atom is -0.497 e.